The zero-order valence-electron chi connectivity index (χ0n) is 14.4. The van der Waals surface area contributed by atoms with Gasteiger partial charge in [-0.15, -0.1) is 0 Å². The van der Waals surface area contributed by atoms with Crippen LogP contribution >= 0.6 is 0 Å². The number of likely N-dealkylation sites (tertiary alicyclic amines) is 1. The van der Waals surface area contributed by atoms with Crippen molar-refractivity contribution < 1.29 is 0 Å². The number of hydrogen-bond donors (Lipinski definition) is 0. The zero-order chi connectivity index (χ0) is 15.6. The van der Waals surface area contributed by atoms with Crippen molar-refractivity contribution >= 4 is 0 Å². The van der Waals surface area contributed by atoms with E-state index < -0.39 is 0 Å². The molecule has 1 aliphatic carbocycles. The Balaban J connectivity index is 1.70. The molecule has 0 aromatic heterocycles. The Hall–Kier alpha value is -0.860. The average molecular weight is 299 g/mol. The maximum Gasteiger partial charge on any atom is 0.0244 e. The summed E-state index contributed by atoms with van der Waals surface area (Å²) in [5.41, 5.74) is 2.46. The summed E-state index contributed by atoms with van der Waals surface area (Å²) in [6.07, 6.45) is 9.37. The first-order chi connectivity index (χ1) is 10.5. The van der Waals surface area contributed by atoms with Crippen LogP contribution < -0.4 is 0 Å². The molecule has 1 aliphatic heterocycles. The van der Waals surface area contributed by atoms with Crippen molar-refractivity contribution in [3.63, 3.8) is 0 Å². The van der Waals surface area contributed by atoms with Gasteiger partial charge >= 0.3 is 0 Å². The Morgan fingerprint density at radius 3 is 2.09 bits per heavy atom. The summed E-state index contributed by atoms with van der Waals surface area (Å²) in [4.78, 5) is 4.76. The summed E-state index contributed by atoms with van der Waals surface area (Å²) in [6, 6.07) is 11.0. The van der Waals surface area contributed by atoms with Crippen molar-refractivity contribution in [3.8, 4) is 0 Å². The van der Waals surface area contributed by atoms with Crippen LogP contribution in [0.2, 0.25) is 0 Å². The first-order valence-electron chi connectivity index (χ1n) is 8.81. The maximum absolute atomic E-state index is 4.11. The van der Waals surface area contributed by atoms with Gasteiger partial charge in [0.05, 0.1) is 0 Å². The van der Waals surface area contributed by atoms with Crippen molar-refractivity contribution in [2.45, 2.75) is 50.5 Å². The van der Waals surface area contributed by atoms with E-state index in [1.165, 1.54) is 63.6 Å². The van der Waals surface area contributed by atoms with Crippen LogP contribution in [0.15, 0.2) is 30.3 Å². The van der Waals surface area contributed by atoms with E-state index in [2.05, 4.69) is 61.3 Å². The number of benzene rings is 1. The molecule has 0 N–H and O–H groups in total. The third-order valence-corrected chi connectivity index (χ3v) is 6.48. The van der Waals surface area contributed by atoms with Gasteiger partial charge in [-0.3, -0.25) is 7.05 Å². The maximum atomic E-state index is 4.11. The summed E-state index contributed by atoms with van der Waals surface area (Å²) < 4.78 is 0. The fraction of sp³-hybridized carbons (Fsp3) is 0.650. The van der Waals surface area contributed by atoms with Crippen LogP contribution in [0.25, 0.3) is 0 Å². The van der Waals surface area contributed by atoms with Crippen molar-refractivity contribution in [1.29, 1.82) is 0 Å². The van der Waals surface area contributed by atoms with Gasteiger partial charge in [0.15, 0.2) is 0 Å². The predicted octanol–water partition coefficient (Wildman–Crippen LogP) is 3.98. The predicted molar refractivity (Wildman–Crippen MR) is 93.6 cm³/mol. The van der Waals surface area contributed by atoms with E-state index in [1.807, 2.05) is 0 Å². The van der Waals surface area contributed by atoms with E-state index in [0.717, 1.165) is 0 Å². The molecule has 2 nitrogen and oxygen atoms in total. The molecule has 0 bridgehead atoms. The molecule has 1 aromatic carbocycles. The van der Waals surface area contributed by atoms with Gasteiger partial charge in [-0.05, 0) is 83.1 Å². The molecule has 1 aromatic rings. The molecule has 2 fully saturated rings. The van der Waals surface area contributed by atoms with Crippen LogP contribution in [0, 0.1) is 12.5 Å². The molecule has 1 spiro atoms. The number of piperidine rings is 1. The molecule has 1 heterocycles. The highest BCUT2D eigenvalue weighted by Crippen LogP contribution is 2.49. The fourth-order valence-electron chi connectivity index (χ4n) is 4.53. The first-order valence-corrected chi connectivity index (χ1v) is 8.81. The fourth-order valence-corrected chi connectivity index (χ4v) is 4.53. The molecule has 0 atom stereocenters. The average Bonchev–Trinajstić information content (AvgIpc) is 2.54. The number of nitrogens with zero attached hydrogens (tertiary/aromatic N) is 2. The number of hydrogen-bond acceptors (Lipinski definition) is 2. The third-order valence-electron chi connectivity index (χ3n) is 6.48. The molecule has 22 heavy (non-hydrogen) atoms. The van der Waals surface area contributed by atoms with Crippen molar-refractivity contribution in [1.82, 2.24) is 9.80 Å². The quantitative estimate of drug-likeness (QED) is 0.779. The molecule has 2 heteroatoms. The van der Waals surface area contributed by atoms with Gasteiger partial charge in [0, 0.05) is 5.54 Å². The Morgan fingerprint density at radius 1 is 0.955 bits per heavy atom. The van der Waals surface area contributed by atoms with E-state index >= 15 is 0 Å². The van der Waals surface area contributed by atoms with Gasteiger partial charge in [-0.2, -0.15) is 0 Å². The molecule has 1 saturated heterocycles. The Bertz CT molecular complexity index is 462. The Labute approximate surface area is 136 Å². The third kappa shape index (κ3) is 3.23. The molecular formula is C20H31N2-. The van der Waals surface area contributed by atoms with Gasteiger partial charge in [-0.25, -0.2) is 0 Å². The summed E-state index contributed by atoms with van der Waals surface area (Å²) in [6.45, 7) is 2.38. The van der Waals surface area contributed by atoms with Gasteiger partial charge in [0.25, 0.3) is 0 Å². The lowest BCUT2D eigenvalue weighted by molar-refractivity contribution is 0.00730. The van der Waals surface area contributed by atoms with Gasteiger partial charge in [0.1, 0.15) is 0 Å². The van der Waals surface area contributed by atoms with E-state index in [9.17, 15) is 0 Å². The van der Waals surface area contributed by atoms with Crippen molar-refractivity contribution in [3.05, 3.63) is 42.9 Å². The molecule has 0 amide bonds. The highest BCUT2D eigenvalue weighted by Gasteiger charge is 2.44. The Morgan fingerprint density at radius 2 is 1.55 bits per heavy atom. The van der Waals surface area contributed by atoms with Crippen LogP contribution in [0.3, 0.4) is 0 Å². The molecule has 2 aliphatic rings. The second kappa shape index (κ2) is 6.33. The minimum absolute atomic E-state index is 0.355. The normalized spacial score (nSPS) is 24.7. The van der Waals surface area contributed by atoms with Crippen molar-refractivity contribution in [2.75, 3.05) is 27.2 Å². The number of rotatable bonds is 3. The smallest absolute Gasteiger partial charge is 0.0244 e. The summed E-state index contributed by atoms with van der Waals surface area (Å²) in [5.74, 6) is 0. The van der Waals surface area contributed by atoms with Crippen LogP contribution in [0.1, 0.15) is 44.1 Å². The molecule has 122 valence electrons. The van der Waals surface area contributed by atoms with E-state index in [-0.39, 0.29) is 0 Å². The van der Waals surface area contributed by atoms with Crippen molar-refractivity contribution in [2.24, 2.45) is 5.41 Å². The molecular weight excluding hydrogens is 268 g/mol. The minimum Gasteiger partial charge on any atom is -0.459 e. The largest absolute Gasteiger partial charge is 0.459 e. The van der Waals surface area contributed by atoms with Gasteiger partial charge < -0.3 is 9.80 Å². The molecule has 3 rings (SSSR count). The van der Waals surface area contributed by atoms with Crippen LogP contribution in [-0.4, -0.2) is 42.5 Å². The van der Waals surface area contributed by atoms with E-state index in [4.69, 9.17) is 0 Å². The van der Waals surface area contributed by atoms with Gasteiger partial charge in [-0.1, -0.05) is 30.3 Å². The van der Waals surface area contributed by atoms with Crippen LogP contribution in [0.5, 0.6) is 0 Å². The highest BCUT2D eigenvalue weighted by molar-refractivity contribution is 5.19. The Kier molecular flexibility index (Phi) is 4.61. The molecule has 1 saturated carbocycles. The minimum atomic E-state index is 0.355. The monoisotopic (exact) mass is 299 g/mol. The first kappa shape index (κ1) is 16.0. The molecule has 0 radical (unpaired) electrons. The number of likely N-dealkylation sites (N-methyl/N-ethyl adjacent to an activating group) is 1. The summed E-state index contributed by atoms with van der Waals surface area (Å²) >= 11 is 0. The standard InChI is InChI=1S/C20H31N2/c1-21(2)20(17-18-7-5-4-6-8-18)11-9-19(10-12-20)13-15-22(3)16-14-19/h4-8H,3,9-17H2,1-2H3/q-1. The topological polar surface area (TPSA) is 6.48 Å². The zero-order valence-corrected chi connectivity index (χ0v) is 14.4. The second-order valence-corrected chi connectivity index (χ2v) is 7.90. The van der Waals surface area contributed by atoms with Gasteiger partial charge in [0.2, 0.25) is 0 Å². The van der Waals surface area contributed by atoms with Crippen LogP contribution in [-0.2, 0) is 6.42 Å². The second-order valence-electron chi connectivity index (χ2n) is 7.90. The highest BCUT2D eigenvalue weighted by atomic mass is 15.1. The van der Waals surface area contributed by atoms with Crippen LogP contribution in [0.4, 0.5) is 0 Å². The van der Waals surface area contributed by atoms with E-state index in [1.54, 1.807) is 0 Å². The lowest BCUT2D eigenvalue weighted by Crippen LogP contribution is -2.52. The molecule has 0 unspecified atom stereocenters. The lowest BCUT2D eigenvalue weighted by atomic mass is 9.61. The summed E-state index contributed by atoms with van der Waals surface area (Å²) in [5, 5.41) is 0. The lowest BCUT2D eigenvalue weighted by Gasteiger charge is -2.53. The SMILES string of the molecule is [CH2-]N1CCC2(CC1)CCC(Cc1ccccc1)(N(C)C)CC2. The summed E-state index contributed by atoms with van der Waals surface area (Å²) in [7, 11) is 8.67. The van der Waals surface area contributed by atoms with E-state index in [0.29, 0.717) is 11.0 Å².